The van der Waals surface area contributed by atoms with Gasteiger partial charge in [-0.25, -0.2) is 4.98 Å². The highest BCUT2D eigenvalue weighted by molar-refractivity contribution is 5.82. The molecular formula is C20H22N2O4. The first-order valence-corrected chi connectivity index (χ1v) is 8.90. The molecule has 1 fully saturated rings. The van der Waals surface area contributed by atoms with Gasteiger partial charge in [0, 0.05) is 25.2 Å². The average Bonchev–Trinajstić information content (AvgIpc) is 3.11. The molecule has 136 valence electrons. The molecule has 4 rings (SSSR count). The zero-order valence-corrected chi connectivity index (χ0v) is 14.9. The van der Waals surface area contributed by atoms with Crippen LogP contribution in [0, 0.1) is 6.92 Å². The molecule has 3 atom stereocenters. The number of hydrogen-bond donors (Lipinski definition) is 0. The van der Waals surface area contributed by atoms with Crippen molar-refractivity contribution in [1.82, 2.24) is 9.88 Å². The third-order valence-electron chi connectivity index (χ3n) is 4.71. The van der Waals surface area contributed by atoms with Crippen molar-refractivity contribution in [3.63, 3.8) is 0 Å². The van der Waals surface area contributed by atoms with E-state index in [9.17, 15) is 4.79 Å². The molecule has 3 unspecified atom stereocenters. The molecule has 6 heteroatoms. The lowest BCUT2D eigenvalue weighted by Crippen LogP contribution is -2.50. The number of fused-ring (bicyclic) bond motifs is 1. The summed E-state index contributed by atoms with van der Waals surface area (Å²) in [5, 5.41) is 0. The lowest BCUT2D eigenvalue weighted by Gasteiger charge is -2.33. The monoisotopic (exact) mass is 354 g/mol. The fourth-order valence-electron chi connectivity index (χ4n) is 3.29. The van der Waals surface area contributed by atoms with Crippen molar-refractivity contribution in [1.29, 1.82) is 0 Å². The Bertz CT molecular complexity index is 793. The summed E-state index contributed by atoms with van der Waals surface area (Å²) in [5.41, 5.74) is 1.09. The predicted octanol–water partition coefficient (Wildman–Crippen LogP) is 2.60. The highest BCUT2D eigenvalue weighted by Crippen LogP contribution is 2.34. The van der Waals surface area contributed by atoms with E-state index in [1.54, 1.807) is 11.1 Å². The van der Waals surface area contributed by atoms with E-state index in [0.29, 0.717) is 30.5 Å². The van der Waals surface area contributed by atoms with Gasteiger partial charge in [0.2, 0.25) is 12.0 Å². The Balaban J connectivity index is 1.39. The van der Waals surface area contributed by atoms with Crippen LogP contribution in [0.25, 0.3) is 0 Å². The van der Waals surface area contributed by atoms with Gasteiger partial charge in [0.1, 0.15) is 12.2 Å². The number of pyridine rings is 1. The smallest absolute Gasteiger partial charge is 0.267 e. The van der Waals surface area contributed by atoms with Crippen molar-refractivity contribution in [2.75, 3.05) is 13.1 Å². The van der Waals surface area contributed by atoms with Crippen LogP contribution < -0.4 is 14.2 Å². The summed E-state index contributed by atoms with van der Waals surface area (Å²) in [7, 11) is 0. The molecule has 2 aliphatic rings. The number of aryl methyl sites for hydroxylation is 1. The average molecular weight is 354 g/mol. The maximum atomic E-state index is 12.9. The fourth-order valence-corrected chi connectivity index (χ4v) is 3.29. The molecule has 0 radical (unpaired) electrons. The quantitative estimate of drug-likeness (QED) is 0.848. The second-order valence-electron chi connectivity index (χ2n) is 6.79. The van der Waals surface area contributed by atoms with Crippen LogP contribution >= 0.6 is 0 Å². The summed E-state index contributed by atoms with van der Waals surface area (Å²) in [6.07, 6.45) is 1.53. The molecule has 1 aromatic carbocycles. The van der Waals surface area contributed by atoms with E-state index in [1.807, 2.05) is 50.2 Å². The number of hydrogen-bond acceptors (Lipinski definition) is 5. The van der Waals surface area contributed by atoms with Gasteiger partial charge in [0.05, 0.1) is 6.54 Å². The summed E-state index contributed by atoms with van der Waals surface area (Å²) >= 11 is 0. The Morgan fingerprint density at radius 1 is 1.19 bits per heavy atom. The van der Waals surface area contributed by atoms with Crippen molar-refractivity contribution in [2.24, 2.45) is 0 Å². The van der Waals surface area contributed by atoms with Gasteiger partial charge in [-0.05, 0) is 31.5 Å². The van der Waals surface area contributed by atoms with Crippen molar-refractivity contribution in [3.05, 3.63) is 48.2 Å². The number of nitrogens with zero attached hydrogens (tertiary/aromatic N) is 2. The summed E-state index contributed by atoms with van der Waals surface area (Å²) in [4.78, 5) is 19.0. The Labute approximate surface area is 152 Å². The molecular weight excluding hydrogens is 332 g/mol. The minimum atomic E-state index is -0.638. The number of carbonyl (C=O) groups excluding carboxylic acids is 1. The minimum Gasteiger partial charge on any atom is -0.482 e. The normalized spacial score (nSPS) is 24.4. The summed E-state index contributed by atoms with van der Waals surface area (Å²) < 4.78 is 17.7. The third-order valence-corrected chi connectivity index (χ3v) is 4.71. The molecule has 0 N–H and O–H groups in total. The number of likely N-dealkylation sites (tertiary alicyclic amines) is 1. The highest BCUT2D eigenvalue weighted by Gasteiger charge is 2.39. The molecule has 6 nitrogen and oxygen atoms in total. The summed E-state index contributed by atoms with van der Waals surface area (Å²) in [6.45, 7) is 5.02. The van der Waals surface area contributed by atoms with Crippen LogP contribution in [0.2, 0.25) is 0 Å². The molecule has 26 heavy (non-hydrogen) atoms. The Kier molecular flexibility index (Phi) is 4.41. The van der Waals surface area contributed by atoms with Crippen molar-refractivity contribution in [3.8, 4) is 17.4 Å². The first-order valence-electron chi connectivity index (χ1n) is 8.90. The molecule has 0 bridgehead atoms. The number of amides is 1. The van der Waals surface area contributed by atoms with E-state index in [2.05, 4.69) is 4.98 Å². The summed E-state index contributed by atoms with van der Waals surface area (Å²) in [5.74, 6) is 1.82. The Hall–Kier alpha value is -2.76. The minimum absolute atomic E-state index is 0.0544. The molecule has 0 spiro atoms. The van der Waals surface area contributed by atoms with E-state index in [1.165, 1.54) is 0 Å². The fraction of sp³-hybridized carbons (Fsp3) is 0.400. The number of ether oxygens (including phenoxy) is 3. The maximum Gasteiger partial charge on any atom is 0.267 e. The number of para-hydroxylation sites is 2. The van der Waals surface area contributed by atoms with Crippen LogP contribution in [0.3, 0.4) is 0 Å². The van der Waals surface area contributed by atoms with E-state index in [4.69, 9.17) is 14.2 Å². The van der Waals surface area contributed by atoms with Crippen LogP contribution in [0.5, 0.6) is 17.4 Å². The number of carbonyl (C=O) groups is 1. The zero-order valence-electron chi connectivity index (χ0n) is 14.9. The molecule has 2 aromatic rings. The first-order chi connectivity index (χ1) is 12.6. The van der Waals surface area contributed by atoms with Gasteiger partial charge in [-0.3, -0.25) is 4.79 Å². The van der Waals surface area contributed by atoms with Crippen molar-refractivity contribution in [2.45, 2.75) is 38.6 Å². The SMILES string of the molecule is Cc1ccc(OC2CCN(C(=O)C3Oc4ccccc4OC3C)C2)nc1. The molecule has 2 aliphatic heterocycles. The third kappa shape index (κ3) is 3.31. The van der Waals surface area contributed by atoms with E-state index in [0.717, 1.165) is 12.0 Å². The standard InChI is InChI=1S/C20H22N2O4/c1-13-7-8-18(21-11-13)25-15-9-10-22(12-15)20(23)19-14(2)24-16-5-3-4-6-17(16)26-19/h3-8,11,14-15,19H,9-10,12H2,1-2H3. The number of benzene rings is 1. The Morgan fingerprint density at radius 3 is 2.69 bits per heavy atom. The number of aromatic nitrogens is 1. The molecule has 0 aliphatic carbocycles. The van der Waals surface area contributed by atoms with Gasteiger partial charge in [0.15, 0.2) is 11.5 Å². The van der Waals surface area contributed by atoms with Crippen molar-refractivity contribution >= 4 is 5.91 Å². The molecule has 1 saturated heterocycles. The topological polar surface area (TPSA) is 60.9 Å². The molecule has 1 amide bonds. The maximum absolute atomic E-state index is 12.9. The van der Waals surface area contributed by atoms with Gasteiger partial charge in [-0.1, -0.05) is 18.2 Å². The highest BCUT2D eigenvalue weighted by atomic mass is 16.6. The van der Waals surface area contributed by atoms with Crippen LogP contribution in [0.4, 0.5) is 0 Å². The zero-order chi connectivity index (χ0) is 18.1. The Morgan fingerprint density at radius 2 is 1.96 bits per heavy atom. The van der Waals surface area contributed by atoms with Gasteiger partial charge in [0.25, 0.3) is 5.91 Å². The van der Waals surface area contributed by atoms with Crippen LogP contribution in [-0.4, -0.2) is 47.2 Å². The van der Waals surface area contributed by atoms with Gasteiger partial charge >= 0.3 is 0 Å². The van der Waals surface area contributed by atoms with E-state index in [-0.39, 0.29) is 18.1 Å². The van der Waals surface area contributed by atoms with Crippen LogP contribution in [0.15, 0.2) is 42.6 Å². The second kappa shape index (κ2) is 6.86. The lowest BCUT2D eigenvalue weighted by molar-refractivity contribution is -0.143. The first kappa shape index (κ1) is 16.7. The largest absolute Gasteiger partial charge is 0.482 e. The molecule has 1 aromatic heterocycles. The molecule has 3 heterocycles. The summed E-state index contributed by atoms with van der Waals surface area (Å²) in [6, 6.07) is 11.2. The lowest BCUT2D eigenvalue weighted by atomic mass is 10.1. The number of rotatable bonds is 3. The van der Waals surface area contributed by atoms with Crippen LogP contribution in [-0.2, 0) is 4.79 Å². The van der Waals surface area contributed by atoms with Gasteiger partial charge in [-0.2, -0.15) is 0 Å². The second-order valence-corrected chi connectivity index (χ2v) is 6.79. The van der Waals surface area contributed by atoms with E-state index < -0.39 is 6.10 Å². The van der Waals surface area contributed by atoms with Crippen LogP contribution in [0.1, 0.15) is 18.9 Å². The van der Waals surface area contributed by atoms with Gasteiger partial charge < -0.3 is 19.1 Å². The van der Waals surface area contributed by atoms with E-state index >= 15 is 0 Å². The van der Waals surface area contributed by atoms with Crippen molar-refractivity contribution < 1.29 is 19.0 Å². The van der Waals surface area contributed by atoms with Gasteiger partial charge in [-0.15, -0.1) is 0 Å². The predicted molar refractivity (Wildman–Crippen MR) is 95.5 cm³/mol. The molecule has 0 saturated carbocycles.